The molecule has 0 saturated heterocycles. The molecule has 2 N–H and O–H groups in total. The highest BCUT2D eigenvalue weighted by Gasteiger charge is 2.54. The number of hydrogen-bond donors (Lipinski definition) is 2. The number of hydrogen-bond acceptors (Lipinski definition) is 5. The molecule has 2 aliphatic rings. The topological polar surface area (TPSA) is 76.7 Å². The molecule has 36 heavy (non-hydrogen) atoms. The highest BCUT2D eigenvalue weighted by atomic mass is 16.6. The number of fused-ring (bicyclic) bond motifs is 6. The average molecular weight is 477 g/mol. The number of carbonyl (C=O) groups excluding carboxylic acids is 2. The van der Waals surface area contributed by atoms with E-state index in [1.165, 1.54) is 12.5 Å². The van der Waals surface area contributed by atoms with Crippen molar-refractivity contribution in [3.63, 3.8) is 0 Å². The van der Waals surface area contributed by atoms with Gasteiger partial charge in [-0.1, -0.05) is 42.0 Å². The first kappa shape index (κ1) is 21.9. The predicted octanol–water partition coefficient (Wildman–Crippen LogP) is 6.57. The van der Waals surface area contributed by atoms with Crippen LogP contribution in [0.5, 0.6) is 11.5 Å². The molecule has 1 atom stereocenters. The number of aryl methyl sites for hydroxylation is 2. The summed E-state index contributed by atoms with van der Waals surface area (Å²) in [5.74, 6) is 0.552. The van der Waals surface area contributed by atoms with Gasteiger partial charge in [0, 0.05) is 29.4 Å². The standard InChI is InChI=1S/C30H24N2O4/c1-17-11-13-24(18(2)15-17)32-25-9-6-10-27-28(25)30(22-8-5-4-7-21(22)29(34)36-30)23-16-20(31-19(3)33)12-14-26(23)35-27/h4-16,32H,1-3H3,(H,31,33). The zero-order chi connectivity index (χ0) is 25.0. The zero-order valence-electron chi connectivity index (χ0n) is 20.1. The van der Waals surface area contributed by atoms with Crippen molar-refractivity contribution in [1.82, 2.24) is 0 Å². The molecule has 0 fully saturated rings. The third-order valence-corrected chi connectivity index (χ3v) is 6.70. The lowest BCUT2D eigenvalue weighted by molar-refractivity contribution is -0.114. The number of ether oxygens (including phenoxy) is 2. The lowest BCUT2D eigenvalue weighted by atomic mass is 9.76. The molecule has 1 unspecified atom stereocenters. The van der Waals surface area contributed by atoms with E-state index < -0.39 is 11.6 Å². The van der Waals surface area contributed by atoms with Crippen molar-refractivity contribution in [1.29, 1.82) is 0 Å². The molecule has 4 aromatic rings. The third-order valence-electron chi connectivity index (χ3n) is 6.70. The lowest BCUT2D eigenvalue weighted by Crippen LogP contribution is -2.34. The maximum absolute atomic E-state index is 13.2. The van der Waals surface area contributed by atoms with Crippen molar-refractivity contribution in [2.24, 2.45) is 0 Å². The minimum absolute atomic E-state index is 0.192. The molecule has 0 radical (unpaired) electrons. The molecule has 178 valence electrons. The molecular weight excluding hydrogens is 452 g/mol. The van der Waals surface area contributed by atoms with Gasteiger partial charge in [-0.05, 0) is 61.9 Å². The van der Waals surface area contributed by atoms with Crippen molar-refractivity contribution >= 4 is 28.9 Å². The summed E-state index contributed by atoms with van der Waals surface area (Å²) >= 11 is 0. The van der Waals surface area contributed by atoms with Gasteiger partial charge >= 0.3 is 5.97 Å². The van der Waals surface area contributed by atoms with E-state index in [-0.39, 0.29) is 5.91 Å². The Labute approximate surface area is 208 Å². The van der Waals surface area contributed by atoms with E-state index in [0.717, 1.165) is 22.5 Å². The molecule has 6 heteroatoms. The fourth-order valence-electron chi connectivity index (χ4n) is 5.21. The molecule has 0 aliphatic carbocycles. The highest BCUT2D eigenvalue weighted by molar-refractivity contribution is 5.98. The molecular formula is C30H24N2O4. The number of anilines is 3. The maximum atomic E-state index is 13.2. The van der Waals surface area contributed by atoms with Gasteiger partial charge in [-0.2, -0.15) is 0 Å². The first-order valence-corrected chi connectivity index (χ1v) is 11.8. The average Bonchev–Trinajstić information content (AvgIpc) is 3.14. The first-order valence-electron chi connectivity index (χ1n) is 11.8. The second-order valence-corrected chi connectivity index (χ2v) is 9.23. The van der Waals surface area contributed by atoms with Gasteiger partial charge in [0.25, 0.3) is 0 Å². The molecule has 0 aromatic heterocycles. The van der Waals surface area contributed by atoms with Gasteiger partial charge in [0.15, 0.2) is 5.60 Å². The van der Waals surface area contributed by atoms with E-state index in [1.807, 2.05) is 48.5 Å². The summed E-state index contributed by atoms with van der Waals surface area (Å²) in [4.78, 5) is 25.0. The van der Waals surface area contributed by atoms with Gasteiger partial charge in [-0.15, -0.1) is 0 Å². The van der Waals surface area contributed by atoms with Crippen molar-refractivity contribution in [3.05, 3.63) is 112 Å². The Morgan fingerprint density at radius 1 is 0.833 bits per heavy atom. The third kappa shape index (κ3) is 3.26. The van der Waals surface area contributed by atoms with E-state index in [0.29, 0.717) is 33.9 Å². The van der Waals surface area contributed by atoms with Gasteiger partial charge in [-0.3, -0.25) is 4.79 Å². The second kappa shape index (κ2) is 7.99. The monoisotopic (exact) mass is 476 g/mol. The maximum Gasteiger partial charge on any atom is 0.340 e. The van der Waals surface area contributed by atoms with Crippen LogP contribution >= 0.6 is 0 Å². The van der Waals surface area contributed by atoms with E-state index in [2.05, 4.69) is 36.6 Å². The smallest absolute Gasteiger partial charge is 0.340 e. The lowest BCUT2D eigenvalue weighted by Gasteiger charge is -2.38. The first-order chi connectivity index (χ1) is 17.4. The van der Waals surface area contributed by atoms with Crippen LogP contribution < -0.4 is 15.4 Å². The SMILES string of the molecule is CC(=O)Nc1ccc2c(c1)C1(OC(=O)c3ccccc31)c1c(Nc3ccc(C)cc3C)cccc1O2. The number of rotatable bonds is 3. The Kier molecular flexibility index (Phi) is 4.86. The van der Waals surface area contributed by atoms with Gasteiger partial charge < -0.3 is 20.1 Å². The summed E-state index contributed by atoms with van der Waals surface area (Å²) < 4.78 is 12.7. The van der Waals surface area contributed by atoms with E-state index in [9.17, 15) is 9.59 Å². The van der Waals surface area contributed by atoms with Crippen LogP contribution in [0.3, 0.4) is 0 Å². The van der Waals surface area contributed by atoms with Crippen LogP contribution in [0.25, 0.3) is 0 Å². The molecule has 2 heterocycles. The molecule has 0 saturated carbocycles. The summed E-state index contributed by atoms with van der Waals surface area (Å²) in [6.07, 6.45) is 0. The fraction of sp³-hybridized carbons (Fsp3) is 0.133. The Bertz CT molecular complexity index is 1580. The molecule has 1 amide bonds. The van der Waals surface area contributed by atoms with Gasteiger partial charge in [0.05, 0.1) is 16.8 Å². The van der Waals surface area contributed by atoms with Crippen LogP contribution in [-0.4, -0.2) is 11.9 Å². The summed E-state index contributed by atoms with van der Waals surface area (Å²) in [5, 5.41) is 6.40. The minimum Gasteiger partial charge on any atom is -0.456 e. The molecule has 4 aromatic carbocycles. The number of nitrogens with one attached hydrogen (secondary N) is 2. The Hall–Kier alpha value is -4.58. The van der Waals surface area contributed by atoms with Crippen molar-refractivity contribution in [2.45, 2.75) is 26.4 Å². The predicted molar refractivity (Wildman–Crippen MR) is 138 cm³/mol. The van der Waals surface area contributed by atoms with E-state index in [1.54, 1.807) is 18.2 Å². The summed E-state index contributed by atoms with van der Waals surface area (Å²) in [5.41, 5.74) is 5.89. The summed E-state index contributed by atoms with van der Waals surface area (Å²) in [6.45, 7) is 5.57. The quantitative estimate of drug-likeness (QED) is 0.327. The van der Waals surface area contributed by atoms with Gasteiger partial charge in [0.1, 0.15) is 11.5 Å². The summed E-state index contributed by atoms with van der Waals surface area (Å²) in [6, 6.07) is 24.8. The fourth-order valence-corrected chi connectivity index (χ4v) is 5.21. The number of amides is 1. The molecule has 6 rings (SSSR count). The minimum atomic E-state index is -1.26. The van der Waals surface area contributed by atoms with Crippen molar-refractivity contribution in [2.75, 3.05) is 10.6 Å². The van der Waals surface area contributed by atoms with Crippen molar-refractivity contribution in [3.8, 4) is 11.5 Å². The molecule has 0 bridgehead atoms. The molecule has 6 nitrogen and oxygen atoms in total. The number of benzene rings is 4. The van der Waals surface area contributed by atoms with E-state index in [4.69, 9.17) is 9.47 Å². The van der Waals surface area contributed by atoms with Crippen LogP contribution in [0.4, 0.5) is 17.1 Å². The molecule has 1 spiro atoms. The zero-order valence-corrected chi connectivity index (χ0v) is 20.1. The Morgan fingerprint density at radius 2 is 1.67 bits per heavy atom. The molecule has 2 aliphatic heterocycles. The Balaban J connectivity index is 1.63. The Morgan fingerprint density at radius 3 is 2.47 bits per heavy atom. The van der Waals surface area contributed by atoms with Crippen LogP contribution in [0.1, 0.15) is 45.1 Å². The van der Waals surface area contributed by atoms with Crippen LogP contribution in [0.15, 0.2) is 78.9 Å². The number of carbonyl (C=O) groups is 2. The van der Waals surface area contributed by atoms with Crippen LogP contribution in [0, 0.1) is 13.8 Å². The van der Waals surface area contributed by atoms with Gasteiger partial charge in [0.2, 0.25) is 5.91 Å². The van der Waals surface area contributed by atoms with Crippen LogP contribution in [0.2, 0.25) is 0 Å². The second-order valence-electron chi connectivity index (χ2n) is 9.23. The number of esters is 1. The highest BCUT2D eigenvalue weighted by Crippen LogP contribution is 2.58. The summed E-state index contributed by atoms with van der Waals surface area (Å²) in [7, 11) is 0. The van der Waals surface area contributed by atoms with Gasteiger partial charge in [-0.25, -0.2) is 4.79 Å². The normalized spacial score (nSPS) is 16.9. The van der Waals surface area contributed by atoms with E-state index >= 15 is 0 Å². The van der Waals surface area contributed by atoms with Crippen LogP contribution in [-0.2, 0) is 15.1 Å². The largest absolute Gasteiger partial charge is 0.456 e. The van der Waals surface area contributed by atoms with Crippen molar-refractivity contribution < 1.29 is 19.1 Å².